The molecule has 0 amide bonds. The Morgan fingerprint density at radius 1 is 0.439 bits per heavy atom. The van der Waals surface area contributed by atoms with E-state index in [0.29, 0.717) is 0 Å². The Kier molecular flexibility index (Phi) is 4.61. The monoisotopic (exact) mass is 522 g/mol. The summed E-state index contributed by atoms with van der Waals surface area (Å²) in [5.41, 5.74) is 8.26. The Labute approximate surface area is 235 Å². The van der Waals surface area contributed by atoms with E-state index in [1.54, 1.807) is 12.4 Å². The summed E-state index contributed by atoms with van der Waals surface area (Å²) in [6, 6.07) is 43.1. The zero-order valence-electron chi connectivity index (χ0n) is 22.0. The van der Waals surface area contributed by atoms with E-state index in [0.717, 1.165) is 60.6 Å². The van der Waals surface area contributed by atoms with Crippen LogP contribution in [-0.4, -0.2) is 9.97 Å². The Morgan fingerprint density at radius 3 is 1.88 bits per heavy atom. The minimum absolute atomic E-state index is 0.913. The molecule has 0 spiro atoms. The minimum Gasteiger partial charge on any atom is -0.455 e. The molecular formula is C38H22N2O. The first-order valence-electron chi connectivity index (χ1n) is 13.8. The summed E-state index contributed by atoms with van der Waals surface area (Å²) in [6.07, 6.45) is 3.55. The van der Waals surface area contributed by atoms with Gasteiger partial charge in [-0.2, -0.15) is 0 Å². The first-order valence-corrected chi connectivity index (χ1v) is 13.8. The first-order chi connectivity index (χ1) is 20.3. The third-order valence-corrected chi connectivity index (χ3v) is 8.34. The highest BCUT2D eigenvalue weighted by Gasteiger charge is 2.16. The highest BCUT2D eigenvalue weighted by atomic mass is 16.3. The molecule has 0 aliphatic carbocycles. The van der Waals surface area contributed by atoms with Crippen LogP contribution in [0.3, 0.4) is 0 Å². The third-order valence-electron chi connectivity index (χ3n) is 8.34. The van der Waals surface area contributed by atoms with Gasteiger partial charge in [0.2, 0.25) is 0 Å². The van der Waals surface area contributed by atoms with Gasteiger partial charge < -0.3 is 4.42 Å². The fourth-order valence-electron chi connectivity index (χ4n) is 6.44. The van der Waals surface area contributed by atoms with Gasteiger partial charge in [-0.05, 0) is 56.4 Å². The van der Waals surface area contributed by atoms with E-state index in [4.69, 9.17) is 14.4 Å². The van der Waals surface area contributed by atoms with Crippen molar-refractivity contribution in [3.63, 3.8) is 0 Å². The van der Waals surface area contributed by atoms with Crippen molar-refractivity contribution >= 4 is 65.3 Å². The zero-order chi connectivity index (χ0) is 26.9. The van der Waals surface area contributed by atoms with Gasteiger partial charge >= 0.3 is 0 Å². The van der Waals surface area contributed by atoms with Gasteiger partial charge in [-0.15, -0.1) is 0 Å². The summed E-state index contributed by atoms with van der Waals surface area (Å²) in [5, 5.41) is 9.39. The lowest BCUT2D eigenvalue weighted by molar-refractivity contribution is 0.670. The van der Waals surface area contributed by atoms with Crippen molar-refractivity contribution in [2.45, 2.75) is 0 Å². The highest BCUT2D eigenvalue weighted by Crippen LogP contribution is 2.41. The van der Waals surface area contributed by atoms with Crippen LogP contribution in [0.2, 0.25) is 0 Å². The molecule has 190 valence electrons. The van der Waals surface area contributed by atoms with Crippen LogP contribution < -0.4 is 0 Å². The van der Waals surface area contributed by atoms with Crippen molar-refractivity contribution in [2.24, 2.45) is 0 Å². The van der Waals surface area contributed by atoms with Gasteiger partial charge in [0.1, 0.15) is 11.2 Å². The lowest BCUT2D eigenvalue weighted by Crippen LogP contribution is -1.89. The van der Waals surface area contributed by atoms with Gasteiger partial charge in [0, 0.05) is 39.5 Å². The summed E-state index contributed by atoms with van der Waals surface area (Å²) in [5.74, 6) is 0. The number of benzene rings is 7. The van der Waals surface area contributed by atoms with Crippen LogP contribution in [0, 0.1) is 0 Å². The Morgan fingerprint density at radius 2 is 1.05 bits per heavy atom. The molecule has 0 aliphatic rings. The molecule has 0 radical (unpaired) electrons. The molecule has 0 N–H and O–H groups in total. The van der Waals surface area contributed by atoms with Gasteiger partial charge in [-0.25, -0.2) is 0 Å². The van der Waals surface area contributed by atoms with Gasteiger partial charge in [0.25, 0.3) is 0 Å². The van der Waals surface area contributed by atoms with Gasteiger partial charge in [-0.3, -0.25) is 9.97 Å². The lowest BCUT2D eigenvalue weighted by Gasteiger charge is -2.11. The number of aromatic nitrogens is 2. The predicted molar refractivity (Wildman–Crippen MR) is 170 cm³/mol. The second kappa shape index (κ2) is 8.48. The number of nitrogens with zero attached hydrogens (tertiary/aromatic N) is 2. The van der Waals surface area contributed by atoms with Crippen LogP contribution in [0.15, 0.2) is 138 Å². The molecule has 2 aromatic heterocycles. The maximum absolute atomic E-state index is 6.47. The van der Waals surface area contributed by atoms with Crippen LogP contribution >= 0.6 is 0 Å². The fourth-order valence-corrected chi connectivity index (χ4v) is 6.44. The van der Waals surface area contributed by atoms with Gasteiger partial charge in [0.05, 0.1) is 11.0 Å². The third kappa shape index (κ3) is 3.26. The van der Waals surface area contributed by atoms with Crippen LogP contribution in [0.4, 0.5) is 0 Å². The van der Waals surface area contributed by atoms with Crippen molar-refractivity contribution in [3.8, 4) is 22.3 Å². The standard InChI is InChI=1S/C38H22N2O/c1-2-8-27-26(7-1)22-32(38-35(27)31-11-5-6-12-34(31)41-38)24-15-13-23(14-16-24)25-17-18-29-28-9-3-4-10-30(28)36-37(33(29)21-25)40-20-19-39-36/h1-22H. The molecule has 9 rings (SSSR count). The normalized spacial score (nSPS) is 11.9. The van der Waals surface area contributed by atoms with Crippen molar-refractivity contribution in [2.75, 3.05) is 0 Å². The number of furan rings is 1. The smallest absolute Gasteiger partial charge is 0.143 e. The van der Waals surface area contributed by atoms with Crippen molar-refractivity contribution in [1.82, 2.24) is 9.97 Å². The quantitative estimate of drug-likeness (QED) is 0.212. The molecule has 0 saturated carbocycles. The topological polar surface area (TPSA) is 38.9 Å². The van der Waals surface area contributed by atoms with Crippen molar-refractivity contribution < 1.29 is 4.42 Å². The molecule has 0 bridgehead atoms. The Bertz CT molecular complexity index is 2440. The Hall–Kier alpha value is -5.54. The average Bonchev–Trinajstić information content (AvgIpc) is 3.44. The molecule has 41 heavy (non-hydrogen) atoms. The van der Waals surface area contributed by atoms with Crippen molar-refractivity contribution in [3.05, 3.63) is 134 Å². The van der Waals surface area contributed by atoms with Crippen LogP contribution in [-0.2, 0) is 0 Å². The second-order valence-electron chi connectivity index (χ2n) is 10.6. The van der Waals surface area contributed by atoms with Crippen LogP contribution in [0.25, 0.3) is 87.5 Å². The average molecular weight is 523 g/mol. The van der Waals surface area contributed by atoms with Gasteiger partial charge in [0.15, 0.2) is 0 Å². The molecule has 0 atom stereocenters. The molecule has 3 nitrogen and oxygen atoms in total. The maximum Gasteiger partial charge on any atom is 0.143 e. The SMILES string of the molecule is c1ccc2c(c1)cc(-c1ccc(-c3ccc4c5ccccc5c5nccnc5c4c3)cc1)c1oc3ccccc3c12. The molecular weight excluding hydrogens is 500 g/mol. The number of hydrogen-bond acceptors (Lipinski definition) is 3. The molecule has 0 unspecified atom stereocenters. The van der Waals surface area contributed by atoms with Crippen molar-refractivity contribution in [1.29, 1.82) is 0 Å². The zero-order valence-corrected chi connectivity index (χ0v) is 22.0. The predicted octanol–water partition coefficient (Wildman–Crippen LogP) is 10.3. The molecule has 0 aliphatic heterocycles. The summed E-state index contributed by atoms with van der Waals surface area (Å²) >= 11 is 0. The van der Waals surface area contributed by atoms with Crippen LogP contribution in [0.5, 0.6) is 0 Å². The van der Waals surface area contributed by atoms with Gasteiger partial charge in [-0.1, -0.05) is 103 Å². The summed E-state index contributed by atoms with van der Waals surface area (Å²) in [6.45, 7) is 0. The molecule has 9 aromatic rings. The van der Waals surface area contributed by atoms with E-state index < -0.39 is 0 Å². The van der Waals surface area contributed by atoms with E-state index in [1.807, 2.05) is 12.1 Å². The lowest BCUT2D eigenvalue weighted by atomic mass is 9.93. The second-order valence-corrected chi connectivity index (χ2v) is 10.6. The van der Waals surface area contributed by atoms with E-state index in [2.05, 4.69) is 109 Å². The number of para-hydroxylation sites is 1. The summed E-state index contributed by atoms with van der Waals surface area (Å²) in [4.78, 5) is 9.44. The Balaban J connectivity index is 1.22. The first kappa shape index (κ1) is 22.3. The number of fused-ring (bicyclic) bond motifs is 11. The minimum atomic E-state index is 0.913. The van der Waals surface area contributed by atoms with E-state index >= 15 is 0 Å². The van der Waals surface area contributed by atoms with Crippen LogP contribution in [0.1, 0.15) is 0 Å². The molecule has 0 fully saturated rings. The molecule has 7 aromatic carbocycles. The maximum atomic E-state index is 6.47. The highest BCUT2D eigenvalue weighted by molar-refractivity contribution is 6.24. The van der Waals surface area contributed by atoms with E-state index in [1.165, 1.54) is 26.9 Å². The molecule has 0 saturated heterocycles. The van der Waals surface area contributed by atoms with E-state index in [9.17, 15) is 0 Å². The van der Waals surface area contributed by atoms with E-state index in [-0.39, 0.29) is 0 Å². The largest absolute Gasteiger partial charge is 0.455 e. The number of hydrogen-bond donors (Lipinski definition) is 0. The fraction of sp³-hybridized carbons (Fsp3) is 0. The number of rotatable bonds is 2. The summed E-state index contributed by atoms with van der Waals surface area (Å²) < 4.78 is 6.47. The summed E-state index contributed by atoms with van der Waals surface area (Å²) in [7, 11) is 0. The molecule has 3 heteroatoms. The molecule has 2 heterocycles.